The highest BCUT2D eigenvalue weighted by atomic mass is 32.2. The Hall–Kier alpha value is -1.68. The van der Waals surface area contributed by atoms with Gasteiger partial charge in [0.2, 0.25) is 16.0 Å². The number of aromatic nitrogens is 3. The molecule has 3 N–H and O–H groups in total. The number of ether oxygens (including phenoxy) is 2. The van der Waals surface area contributed by atoms with E-state index in [2.05, 4.69) is 20.3 Å². The van der Waals surface area contributed by atoms with Gasteiger partial charge >= 0.3 is 12.0 Å². The van der Waals surface area contributed by atoms with E-state index < -0.39 is 10.0 Å². The topological polar surface area (TPSA) is 129 Å². The lowest BCUT2D eigenvalue weighted by Crippen LogP contribution is -2.23. The molecule has 0 radical (unpaired) electrons. The van der Waals surface area contributed by atoms with Crippen LogP contribution in [0.5, 0.6) is 12.0 Å². The van der Waals surface area contributed by atoms with Gasteiger partial charge in [-0.1, -0.05) is 0 Å². The van der Waals surface area contributed by atoms with Gasteiger partial charge in [0.05, 0.1) is 20.0 Å². The van der Waals surface area contributed by atoms with Gasteiger partial charge in [0, 0.05) is 6.54 Å². The molecule has 0 saturated carbocycles. The van der Waals surface area contributed by atoms with Gasteiger partial charge < -0.3 is 14.8 Å². The fraction of sp³-hybridized carbons (Fsp3) is 0.571. The van der Waals surface area contributed by atoms with E-state index in [0.29, 0.717) is 0 Å². The summed E-state index contributed by atoms with van der Waals surface area (Å²) in [6.07, 6.45) is 0. The average Bonchev–Trinajstić information content (AvgIpc) is 2.26. The number of sulfonamides is 1. The van der Waals surface area contributed by atoms with E-state index in [0.717, 1.165) is 0 Å². The van der Waals surface area contributed by atoms with Crippen molar-refractivity contribution in [1.29, 1.82) is 0 Å². The second-order valence-corrected chi connectivity index (χ2v) is 4.66. The predicted molar refractivity (Wildman–Crippen MR) is 59.4 cm³/mol. The summed E-state index contributed by atoms with van der Waals surface area (Å²) in [6.45, 7) is 0.0785. The Labute approximate surface area is 98.4 Å². The Morgan fingerprint density at radius 3 is 2.12 bits per heavy atom. The largest absolute Gasteiger partial charge is 0.467 e. The number of primary sulfonamides is 1. The molecule has 1 aromatic rings. The van der Waals surface area contributed by atoms with Crippen molar-refractivity contribution < 1.29 is 17.9 Å². The number of hydrogen-bond acceptors (Lipinski definition) is 8. The Morgan fingerprint density at radius 2 is 1.71 bits per heavy atom. The van der Waals surface area contributed by atoms with Gasteiger partial charge in [0.25, 0.3) is 0 Å². The molecule has 0 aliphatic heterocycles. The van der Waals surface area contributed by atoms with E-state index in [1.807, 2.05) is 0 Å². The standard InChI is InChI=1S/C7H13N5O4S/c1-15-6-10-5(11-7(12-6)16-2)9-3-4-17(8,13)14/h3-4H2,1-2H3,(H2,8,13,14)(H,9,10,11,12). The van der Waals surface area contributed by atoms with Crippen LogP contribution in [0.3, 0.4) is 0 Å². The molecule has 1 heterocycles. The summed E-state index contributed by atoms with van der Waals surface area (Å²) in [5.74, 6) is -0.0825. The van der Waals surface area contributed by atoms with E-state index in [1.54, 1.807) is 0 Å². The summed E-state index contributed by atoms with van der Waals surface area (Å²) < 4.78 is 31.0. The van der Waals surface area contributed by atoms with Gasteiger partial charge in [0.1, 0.15) is 0 Å². The number of rotatable bonds is 6. The molecule has 96 valence electrons. The third kappa shape index (κ3) is 4.78. The van der Waals surface area contributed by atoms with Gasteiger partial charge in [-0.3, -0.25) is 0 Å². The lowest BCUT2D eigenvalue weighted by atomic mass is 10.7. The predicted octanol–water partition coefficient (Wildman–Crippen LogP) is -1.41. The van der Waals surface area contributed by atoms with Crippen molar-refractivity contribution >= 4 is 16.0 Å². The first kappa shape index (κ1) is 13.4. The molecule has 0 aromatic carbocycles. The molecule has 0 fully saturated rings. The summed E-state index contributed by atoms with van der Waals surface area (Å²) in [6, 6.07) is 0.130. The quantitative estimate of drug-likeness (QED) is 0.640. The Morgan fingerprint density at radius 1 is 1.18 bits per heavy atom. The molecular weight excluding hydrogens is 250 g/mol. The highest BCUT2D eigenvalue weighted by Crippen LogP contribution is 2.11. The van der Waals surface area contributed by atoms with Gasteiger partial charge in [-0.15, -0.1) is 4.98 Å². The van der Waals surface area contributed by atoms with Crippen molar-refractivity contribution in [1.82, 2.24) is 15.0 Å². The molecule has 0 spiro atoms. The highest BCUT2D eigenvalue weighted by Gasteiger charge is 2.08. The summed E-state index contributed by atoms with van der Waals surface area (Å²) in [5, 5.41) is 7.51. The van der Waals surface area contributed by atoms with Crippen LogP contribution in [0.15, 0.2) is 0 Å². The minimum absolute atomic E-state index is 0.0648. The number of nitrogens with two attached hydrogens (primary N) is 1. The van der Waals surface area contributed by atoms with E-state index in [-0.39, 0.29) is 30.3 Å². The second kappa shape index (κ2) is 5.59. The smallest absolute Gasteiger partial charge is 0.324 e. The molecule has 0 bridgehead atoms. The van der Waals surface area contributed by atoms with Crippen molar-refractivity contribution in [3.05, 3.63) is 0 Å². The summed E-state index contributed by atoms with van der Waals surface area (Å²) in [7, 11) is -0.738. The molecule has 0 aliphatic carbocycles. The van der Waals surface area contributed by atoms with Crippen LogP contribution >= 0.6 is 0 Å². The van der Waals surface area contributed by atoms with Crippen LogP contribution < -0.4 is 19.9 Å². The van der Waals surface area contributed by atoms with Gasteiger partial charge in [-0.25, -0.2) is 13.6 Å². The van der Waals surface area contributed by atoms with Crippen LogP contribution in [0.25, 0.3) is 0 Å². The molecule has 10 heteroatoms. The Bertz CT molecular complexity index is 455. The second-order valence-electron chi connectivity index (χ2n) is 2.93. The number of anilines is 1. The van der Waals surface area contributed by atoms with Crippen molar-refractivity contribution in [3.8, 4) is 12.0 Å². The van der Waals surface area contributed by atoms with Gasteiger partial charge in [-0.05, 0) is 0 Å². The monoisotopic (exact) mass is 263 g/mol. The minimum Gasteiger partial charge on any atom is -0.467 e. The zero-order valence-electron chi connectivity index (χ0n) is 9.37. The van der Waals surface area contributed by atoms with Crippen molar-refractivity contribution in [2.75, 3.05) is 31.8 Å². The SMILES string of the molecule is COc1nc(NCCS(N)(=O)=O)nc(OC)n1. The normalized spacial score (nSPS) is 11.0. The minimum atomic E-state index is -3.52. The summed E-state index contributed by atoms with van der Waals surface area (Å²) >= 11 is 0. The van der Waals surface area contributed by atoms with Crippen molar-refractivity contribution in [3.63, 3.8) is 0 Å². The maximum absolute atomic E-state index is 10.7. The number of nitrogens with one attached hydrogen (secondary N) is 1. The maximum atomic E-state index is 10.7. The summed E-state index contributed by atoms with van der Waals surface area (Å²) in [5.41, 5.74) is 0. The fourth-order valence-electron chi connectivity index (χ4n) is 0.905. The number of hydrogen-bond donors (Lipinski definition) is 2. The third-order valence-electron chi connectivity index (χ3n) is 1.63. The highest BCUT2D eigenvalue weighted by molar-refractivity contribution is 7.89. The summed E-state index contributed by atoms with van der Waals surface area (Å²) in [4.78, 5) is 11.5. The zero-order valence-corrected chi connectivity index (χ0v) is 10.2. The van der Waals surface area contributed by atoms with Crippen molar-refractivity contribution in [2.24, 2.45) is 5.14 Å². The molecule has 0 aliphatic rings. The van der Waals surface area contributed by atoms with E-state index >= 15 is 0 Å². The fourth-order valence-corrected chi connectivity index (χ4v) is 1.29. The maximum Gasteiger partial charge on any atom is 0.324 e. The molecule has 17 heavy (non-hydrogen) atoms. The molecule has 0 saturated heterocycles. The molecule has 0 amide bonds. The first-order chi connectivity index (χ1) is 7.94. The zero-order chi connectivity index (χ0) is 12.9. The first-order valence-electron chi connectivity index (χ1n) is 4.53. The molecule has 0 atom stereocenters. The van der Waals surface area contributed by atoms with Crippen LogP contribution in [0.1, 0.15) is 0 Å². The van der Waals surface area contributed by atoms with Crippen molar-refractivity contribution in [2.45, 2.75) is 0 Å². The first-order valence-corrected chi connectivity index (χ1v) is 6.24. The lowest BCUT2D eigenvalue weighted by molar-refractivity contribution is 0.341. The number of nitrogens with zero attached hydrogens (tertiary/aromatic N) is 3. The lowest BCUT2D eigenvalue weighted by Gasteiger charge is -2.06. The van der Waals surface area contributed by atoms with Gasteiger partial charge in [-0.2, -0.15) is 9.97 Å². The third-order valence-corrected chi connectivity index (χ3v) is 2.40. The van der Waals surface area contributed by atoms with Crippen LogP contribution in [-0.4, -0.2) is 49.9 Å². The van der Waals surface area contributed by atoms with Crippen LogP contribution in [0.4, 0.5) is 5.95 Å². The molecule has 9 nitrogen and oxygen atoms in total. The van der Waals surface area contributed by atoms with E-state index in [1.165, 1.54) is 14.2 Å². The van der Waals surface area contributed by atoms with Crippen LogP contribution in [0.2, 0.25) is 0 Å². The Kier molecular flexibility index (Phi) is 4.40. The average molecular weight is 263 g/mol. The molecular formula is C7H13N5O4S. The van der Waals surface area contributed by atoms with E-state index in [9.17, 15) is 8.42 Å². The van der Waals surface area contributed by atoms with Crippen LogP contribution in [-0.2, 0) is 10.0 Å². The molecule has 1 aromatic heterocycles. The van der Waals surface area contributed by atoms with E-state index in [4.69, 9.17) is 14.6 Å². The Balaban J connectivity index is 2.70. The molecule has 1 rings (SSSR count). The number of methoxy groups -OCH3 is 2. The van der Waals surface area contributed by atoms with Crippen LogP contribution in [0, 0.1) is 0 Å². The molecule has 0 unspecified atom stereocenters. The van der Waals surface area contributed by atoms with Gasteiger partial charge in [0.15, 0.2) is 0 Å².